The SMILES string of the molecule is CC[C@@H](C)c1nc2ccc(Br)cc2c(=O)n1N=Cc1cc(OC)c(OCc2ccccc2Cl)c(Br)c1Br. The Morgan fingerprint density at radius 2 is 1.89 bits per heavy atom. The second kappa shape index (κ2) is 12.1. The van der Waals surface area contributed by atoms with Crippen LogP contribution in [0.3, 0.4) is 0 Å². The average Bonchev–Trinajstić information content (AvgIpc) is 2.90. The summed E-state index contributed by atoms with van der Waals surface area (Å²) in [7, 11) is 1.57. The summed E-state index contributed by atoms with van der Waals surface area (Å²) >= 11 is 17.0. The molecule has 0 unspecified atom stereocenters. The molecule has 0 amide bonds. The number of benzene rings is 3. The minimum Gasteiger partial charge on any atom is -0.493 e. The highest BCUT2D eigenvalue weighted by atomic mass is 79.9. The van der Waals surface area contributed by atoms with Gasteiger partial charge in [0.05, 0.1) is 28.7 Å². The van der Waals surface area contributed by atoms with Gasteiger partial charge in [0.2, 0.25) is 0 Å². The van der Waals surface area contributed by atoms with Gasteiger partial charge in [0.15, 0.2) is 11.5 Å². The van der Waals surface area contributed by atoms with Crippen molar-refractivity contribution in [3.8, 4) is 11.5 Å². The molecule has 10 heteroatoms. The van der Waals surface area contributed by atoms with Crippen molar-refractivity contribution < 1.29 is 9.47 Å². The lowest BCUT2D eigenvalue weighted by Gasteiger charge is -2.16. The van der Waals surface area contributed by atoms with E-state index >= 15 is 0 Å². The molecule has 0 aliphatic rings. The zero-order chi connectivity index (χ0) is 26.7. The summed E-state index contributed by atoms with van der Waals surface area (Å²) in [6.07, 6.45) is 2.42. The Balaban J connectivity index is 1.76. The molecule has 0 saturated heterocycles. The Labute approximate surface area is 245 Å². The molecule has 37 heavy (non-hydrogen) atoms. The number of hydrogen-bond acceptors (Lipinski definition) is 5. The average molecular weight is 713 g/mol. The second-order valence-electron chi connectivity index (χ2n) is 8.31. The van der Waals surface area contributed by atoms with Gasteiger partial charge in [-0.25, -0.2) is 4.98 Å². The maximum absolute atomic E-state index is 13.4. The van der Waals surface area contributed by atoms with Crippen molar-refractivity contribution in [1.29, 1.82) is 0 Å². The first-order chi connectivity index (χ1) is 17.7. The van der Waals surface area contributed by atoms with Crippen LogP contribution in [0.2, 0.25) is 5.02 Å². The Bertz CT molecular complexity index is 1560. The lowest BCUT2D eigenvalue weighted by molar-refractivity contribution is 0.282. The molecule has 0 N–H and O–H groups in total. The van der Waals surface area contributed by atoms with Crippen molar-refractivity contribution in [3.05, 3.63) is 94.3 Å². The molecular formula is C27H23Br3ClN3O3. The molecule has 1 aromatic heterocycles. The first-order valence-corrected chi connectivity index (χ1v) is 14.2. The lowest BCUT2D eigenvalue weighted by Crippen LogP contribution is -2.23. The van der Waals surface area contributed by atoms with E-state index < -0.39 is 0 Å². The normalized spacial score (nSPS) is 12.3. The van der Waals surface area contributed by atoms with Crippen molar-refractivity contribution in [2.45, 2.75) is 32.8 Å². The van der Waals surface area contributed by atoms with E-state index in [1.807, 2.05) is 43.3 Å². The first-order valence-electron chi connectivity index (χ1n) is 11.4. The zero-order valence-corrected chi connectivity index (χ0v) is 25.8. The molecule has 4 aromatic rings. The third-order valence-corrected chi connectivity index (χ3v) is 8.91. The van der Waals surface area contributed by atoms with Crippen LogP contribution in [0.5, 0.6) is 11.5 Å². The van der Waals surface area contributed by atoms with Gasteiger partial charge in [-0.3, -0.25) is 4.79 Å². The topological polar surface area (TPSA) is 65.7 Å². The molecule has 0 aliphatic heterocycles. The van der Waals surface area contributed by atoms with E-state index in [4.69, 9.17) is 26.1 Å². The number of nitrogens with zero attached hydrogens (tertiary/aromatic N) is 3. The maximum Gasteiger partial charge on any atom is 0.282 e. The van der Waals surface area contributed by atoms with E-state index in [-0.39, 0.29) is 18.1 Å². The summed E-state index contributed by atoms with van der Waals surface area (Å²) < 4.78 is 15.2. The van der Waals surface area contributed by atoms with Crippen LogP contribution >= 0.6 is 59.4 Å². The summed E-state index contributed by atoms with van der Waals surface area (Å²) in [5.74, 6) is 1.64. The predicted molar refractivity (Wildman–Crippen MR) is 160 cm³/mol. The minimum absolute atomic E-state index is 0.0307. The van der Waals surface area contributed by atoms with Gasteiger partial charge in [0.1, 0.15) is 12.4 Å². The number of fused-ring (bicyclic) bond motifs is 1. The third kappa shape index (κ3) is 5.95. The third-order valence-electron chi connectivity index (χ3n) is 5.90. The van der Waals surface area contributed by atoms with Crippen LogP contribution in [0.4, 0.5) is 0 Å². The second-order valence-corrected chi connectivity index (χ2v) is 11.2. The van der Waals surface area contributed by atoms with E-state index in [9.17, 15) is 4.79 Å². The fourth-order valence-electron chi connectivity index (χ4n) is 3.65. The number of ether oxygens (including phenoxy) is 2. The number of halogens is 4. The van der Waals surface area contributed by atoms with E-state index in [1.54, 1.807) is 25.5 Å². The molecule has 0 bridgehead atoms. The Morgan fingerprint density at radius 3 is 2.59 bits per heavy atom. The van der Waals surface area contributed by atoms with Gasteiger partial charge < -0.3 is 9.47 Å². The van der Waals surface area contributed by atoms with Gasteiger partial charge >= 0.3 is 0 Å². The highest BCUT2D eigenvalue weighted by Gasteiger charge is 2.19. The summed E-state index contributed by atoms with van der Waals surface area (Å²) in [6.45, 7) is 4.34. The predicted octanol–water partition coefficient (Wildman–Crippen LogP) is 8.32. The van der Waals surface area contributed by atoms with Crippen LogP contribution in [0.15, 0.2) is 71.8 Å². The van der Waals surface area contributed by atoms with E-state index in [2.05, 4.69) is 59.8 Å². The molecule has 1 heterocycles. The number of aromatic nitrogens is 2. The maximum atomic E-state index is 13.4. The molecule has 0 saturated carbocycles. The van der Waals surface area contributed by atoms with Crippen LogP contribution in [0.1, 0.15) is 43.1 Å². The summed E-state index contributed by atoms with van der Waals surface area (Å²) in [5.41, 5.74) is 1.94. The lowest BCUT2D eigenvalue weighted by atomic mass is 10.1. The molecule has 3 aromatic carbocycles. The van der Waals surface area contributed by atoms with E-state index in [1.165, 1.54) is 4.68 Å². The van der Waals surface area contributed by atoms with Crippen molar-refractivity contribution in [2.75, 3.05) is 7.11 Å². The number of methoxy groups -OCH3 is 1. The summed E-state index contributed by atoms with van der Waals surface area (Å²) in [5, 5.41) is 5.68. The molecule has 0 spiro atoms. The van der Waals surface area contributed by atoms with E-state index in [0.29, 0.717) is 47.8 Å². The van der Waals surface area contributed by atoms with Gasteiger partial charge in [0.25, 0.3) is 5.56 Å². The number of hydrogen-bond donors (Lipinski definition) is 0. The highest BCUT2D eigenvalue weighted by Crippen LogP contribution is 2.43. The van der Waals surface area contributed by atoms with Crippen molar-refractivity contribution in [3.63, 3.8) is 0 Å². The van der Waals surface area contributed by atoms with Gasteiger partial charge in [-0.15, -0.1) is 0 Å². The Kier molecular flexibility index (Phi) is 9.11. The largest absolute Gasteiger partial charge is 0.493 e. The molecule has 0 aliphatic carbocycles. The molecule has 0 radical (unpaired) electrons. The monoisotopic (exact) mass is 709 g/mol. The molecule has 0 fully saturated rings. The smallest absolute Gasteiger partial charge is 0.282 e. The van der Waals surface area contributed by atoms with Crippen LogP contribution < -0.4 is 15.0 Å². The standard InChI is InChI=1S/C27H23Br3ClN3O3/c1-4-15(2)26-33-21-10-9-18(28)12-19(21)27(35)34(26)32-13-17-11-22(36-3)25(24(30)23(17)29)37-14-16-7-5-6-8-20(16)31/h5-13,15H,4,14H2,1-3H3/t15-/m1/s1. The highest BCUT2D eigenvalue weighted by molar-refractivity contribution is 9.13. The van der Waals surface area contributed by atoms with Gasteiger partial charge in [0, 0.05) is 31.0 Å². The van der Waals surface area contributed by atoms with Crippen LogP contribution in [-0.4, -0.2) is 23.0 Å². The van der Waals surface area contributed by atoms with Crippen molar-refractivity contribution in [1.82, 2.24) is 9.66 Å². The van der Waals surface area contributed by atoms with Crippen molar-refractivity contribution >= 4 is 76.5 Å². The quantitative estimate of drug-likeness (QED) is 0.173. The number of rotatable bonds is 8. The summed E-state index contributed by atoms with van der Waals surface area (Å²) in [4.78, 5) is 18.2. The molecule has 192 valence electrons. The molecule has 1 atom stereocenters. The van der Waals surface area contributed by atoms with Gasteiger partial charge in [-0.05, 0) is 68.6 Å². The molecule has 4 rings (SSSR count). The van der Waals surface area contributed by atoms with Gasteiger partial charge in [-0.1, -0.05) is 59.6 Å². The van der Waals surface area contributed by atoms with Crippen LogP contribution in [0, 0.1) is 0 Å². The summed E-state index contributed by atoms with van der Waals surface area (Å²) in [6, 6.07) is 14.8. The molecular weight excluding hydrogens is 689 g/mol. The zero-order valence-electron chi connectivity index (χ0n) is 20.3. The fourth-order valence-corrected chi connectivity index (χ4v) is 5.14. The van der Waals surface area contributed by atoms with Crippen LogP contribution in [0.25, 0.3) is 10.9 Å². The Hall–Kier alpha value is -2.20. The Morgan fingerprint density at radius 1 is 1.14 bits per heavy atom. The van der Waals surface area contributed by atoms with Crippen molar-refractivity contribution in [2.24, 2.45) is 5.10 Å². The molecule has 6 nitrogen and oxygen atoms in total. The van der Waals surface area contributed by atoms with Crippen LogP contribution in [-0.2, 0) is 6.61 Å². The van der Waals surface area contributed by atoms with Gasteiger partial charge in [-0.2, -0.15) is 9.78 Å². The minimum atomic E-state index is -0.236. The first kappa shape index (κ1) is 27.8. The fraction of sp³-hybridized carbons (Fsp3) is 0.222. The van der Waals surface area contributed by atoms with E-state index in [0.717, 1.165) is 16.5 Å².